The average Bonchev–Trinajstić information content (AvgIpc) is 2.20. The molecule has 4 heteroatoms. The van der Waals surface area contributed by atoms with E-state index in [1.165, 1.54) is 13.8 Å². The molecule has 0 fully saturated rings. The molecular weight excluding hydrogens is 211 g/mol. The van der Waals surface area contributed by atoms with Crippen LogP contribution in [0.2, 0.25) is 0 Å². The molecule has 1 aromatic rings. The molecule has 0 heterocycles. The predicted octanol–water partition coefficient (Wildman–Crippen LogP) is 3.87. The minimum atomic E-state index is -2.92. The summed E-state index contributed by atoms with van der Waals surface area (Å²) in [5, 5.41) is 0. The van der Waals surface area contributed by atoms with Gasteiger partial charge in [0, 0.05) is 13.8 Å². The minimum absolute atomic E-state index is 0.577. The number of aryl methyl sites for hydroxylation is 1. The first-order valence-electron chi connectivity index (χ1n) is 4.93. The summed E-state index contributed by atoms with van der Waals surface area (Å²) in [6, 6.07) is 7.36. The lowest BCUT2D eigenvalue weighted by molar-refractivity contribution is 0.328. The third-order valence-corrected chi connectivity index (χ3v) is 2.80. The van der Waals surface area contributed by atoms with Crippen LogP contribution in [0, 0.1) is 6.92 Å². The molecule has 15 heavy (non-hydrogen) atoms. The van der Waals surface area contributed by atoms with Crippen LogP contribution in [0.15, 0.2) is 24.3 Å². The molecule has 1 unspecified atom stereocenters. The van der Waals surface area contributed by atoms with Crippen LogP contribution in [0.1, 0.15) is 19.4 Å². The maximum Gasteiger partial charge on any atom is 0.375 e. The van der Waals surface area contributed by atoms with Crippen LogP contribution < -0.4 is 4.52 Å². The molecule has 0 amide bonds. The van der Waals surface area contributed by atoms with E-state index in [4.69, 9.17) is 9.05 Å². The number of hydrogen-bond donors (Lipinski definition) is 0. The normalized spacial score (nSPS) is 13.4. The van der Waals surface area contributed by atoms with Gasteiger partial charge >= 0.3 is 7.60 Å². The van der Waals surface area contributed by atoms with Gasteiger partial charge in [0.2, 0.25) is 0 Å². The van der Waals surface area contributed by atoms with Crippen LogP contribution in [0.4, 0.5) is 0 Å². The zero-order valence-corrected chi connectivity index (χ0v) is 10.9. The summed E-state index contributed by atoms with van der Waals surface area (Å²) < 4.78 is 21.3. The highest BCUT2D eigenvalue weighted by molar-refractivity contribution is 7.53. The summed E-state index contributed by atoms with van der Waals surface area (Å²) in [6.45, 7) is 7.38. The zero-order chi connectivity index (χ0) is 11.9. The molecule has 1 aromatic carbocycles. The third-order valence-electron chi connectivity index (χ3n) is 1.59. The molecule has 0 saturated carbocycles. The summed E-state index contributed by atoms with van der Waals surface area (Å²) >= 11 is 0. The molecule has 0 N–H and O–H groups in total. The topological polar surface area (TPSA) is 35.5 Å². The summed E-state index contributed by atoms with van der Waals surface area (Å²) in [5.41, 5.74) is 1.06. The van der Waals surface area contributed by atoms with Crippen LogP contribution in [-0.2, 0) is 9.09 Å². The second kappa shape index (κ2) is 6.65. The molecule has 0 aromatic heterocycles. The van der Waals surface area contributed by atoms with E-state index in [1.807, 2.05) is 39.0 Å². The van der Waals surface area contributed by atoms with E-state index in [0.717, 1.165) is 5.56 Å². The van der Waals surface area contributed by atoms with Crippen molar-refractivity contribution in [3.8, 4) is 5.75 Å². The van der Waals surface area contributed by atoms with Gasteiger partial charge in [-0.15, -0.1) is 0 Å². The zero-order valence-electron chi connectivity index (χ0n) is 9.98. The SMILES string of the molecule is CC.COP(C)(=O)Oc1cccc(C)c1. The van der Waals surface area contributed by atoms with Gasteiger partial charge in [0.1, 0.15) is 5.75 Å². The molecule has 0 aliphatic heterocycles. The number of benzene rings is 1. The Bertz CT molecular complexity index is 336. The molecule has 86 valence electrons. The lowest BCUT2D eigenvalue weighted by Gasteiger charge is -2.12. The smallest absolute Gasteiger partial charge is 0.375 e. The van der Waals surface area contributed by atoms with Gasteiger partial charge in [-0.2, -0.15) is 0 Å². The summed E-state index contributed by atoms with van der Waals surface area (Å²) in [6.07, 6.45) is 0. The van der Waals surface area contributed by atoms with Crippen molar-refractivity contribution in [1.29, 1.82) is 0 Å². The van der Waals surface area contributed by atoms with Crippen molar-refractivity contribution in [3.63, 3.8) is 0 Å². The Morgan fingerprint density at radius 1 is 1.27 bits per heavy atom. The second-order valence-corrected chi connectivity index (χ2v) is 4.95. The molecule has 0 radical (unpaired) electrons. The summed E-state index contributed by atoms with van der Waals surface area (Å²) in [4.78, 5) is 0. The van der Waals surface area contributed by atoms with Gasteiger partial charge in [-0.3, -0.25) is 0 Å². The van der Waals surface area contributed by atoms with Crippen molar-refractivity contribution in [3.05, 3.63) is 29.8 Å². The fourth-order valence-corrected chi connectivity index (χ4v) is 1.47. The van der Waals surface area contributed by atoms with Gasteiger partial charge in [0.25, 0.3) is 0 Å². The van der Waals surface area contributed by atoms with E-state index in [-0.39, 0.29) is 0 Å². The first kappa shape index (κ1) is 14.2. The van der Waals surface area contributed by atoms with Crippen molar-refractivity contribution < 1.29 is 13.6 Å². The molecule has 0 aliphatic rings. The largest absolute Gasteiger partial charge is 0.425 e. The molecule has 0 saturated heterocycles. The standard InChI is InChI=1S/C9H13O3P.C2H6/c1-8-5-4-6-9(7-8)12-13(3,10)11-2;1-2/h4-7H,1-3H3;1-2H3. The summed E-state index contributed by atoms with van der Waals surface area (Å²) in [5.74, 6) is 0.577. The van der Waals surface area contributed by atoms with Gasteiger partial charge in [-0.05, 0) is 24.6 Å². The molecule has 0 bridgehead atoms. The maximum absolute atomic E-state index is 11.4. The van der Waals surface area contributed by atoms with Crippen LogP contribution in [0.25, 0.3) is 0 Å². The second-order valence-electron chi connectivity index (χ2n) is 2.86. The van der Waals surface area contributed by atoms with E-state index in [1.54, 1.807) is 6.07 Å². The van der Waals surface area contributed by atoms with Crippen LogP contribution in [-0.4, -0.2) is 13.8 Å². The first-order chi connectivity index (χ1) is 7.03. The highest BCUT2D eigenvalue weighted by atomic mass is 31.2. The predicted molar refractivity (Wildman–Crippen MR) is 63.7 cm³/mol. The Hall–Kier alpha value is -0.790. The Balaban J connectivity index is 0.000000921. The lowest BCUT2D eigenvalue weighted by atomic mass is 10.2. The highest BCUT2D eigenvalue weighted by Crippen LogP contribution is 2.43. The Kier molecular flexibility index (Phi) is 6.30. The van der Waals surface area contributed by atoms with Gasteiger partial charge in [-0.1, -0.05) is 26.0 Å². The van der Waals surface area contributed by atoms with Crippen molar-refractivity contribution in [2.45, 2.75) is 20.8 Å². The minimum Gasteiger partial charge on any atom is -0.425 e. The van der Waals surface area contributed by atoms with Gasteiger partial charge in [0.05, 0.1) is 0 Å². The van der Waals surface area contributed by atoms with E-state index < -0.39 is 7.60 Å². The first-order valence-corrected chi connectivity index (χ1v) is 6.92. The molecule has 0 spiro atoms. The van der Waals surface area contributed by atoms with Gasteiger partial charge in [-0.25, -0.2) is 4.57 Å². The molecule has 1 atom stereocenters. The number of rotatable bonds is 3. The Labute approximate surface area is 92.0 Å². The fraction of sp³-hybridized carbons (Fsp3) is 0.455. The van der Waals surface area contributed by atoms with E-state index in [9.17, 15) is 4.57 Å². The molecule has 0 aliphatic carbocycles. The highest BCUT2D eigenvalue weighted by Gasteiger charge is 2.15. The van der Waals surface area contributed by atoms with Gasteiger partial charge < -0.3 is 9.05 Å². The fourth-order valence-electron chi connectivity index (χ4n) is 0.901. The van der Waals surface area contributed by atoms with Crippen molar-refractivity contribution >= 4 is 7.60 Å². The third kappa shape index (κ3) is 5.60. The number of hydrogen-bond acceptors (Lipinski definition) is 3. The summed E-state index contributed by atoms with van der Waals surface area (Å²) in [7, 11) is -1.54. The van der Waals surface area contributed by atoms with Gasteiger partial charge in [0.15, 0.2) is 0 Å². The van der Waals surface area contributed by atoms with E-state index in [2.05, 4.69) is 0 Å². The van der Waals surface area contributed by atoms with E-state index >= 15 is 0 Å². The quantitative estimate of drug-likeness (QED) is 0.739. The Morgan fingerprint density at radius 3 is 2.33 bits per heavy atom. The molecule has 3 nitrogen and oxygen atoms in total. The average molecular weight is 230 g/mol. The van der Waals surface area contributed by atoms with Crippen molar-refractivity contribution in [2.75, 3.05) is 13.8 Å². The van der Waals surface area contributed by atoms with E-state index in [0.29, 0.717) is 5.75 Å². The maximum atomic E-state index is 11.4. The van der Waals surface area contributed by atoms with Crippen LogP contribution in [0.5, 0.6) is 5.75 Å². The van der Waals surface area contributed by atoms with Crippen LogP contribution in [0.3, 0.4) is 0 Å². The van der Waals surface area contributed by atoms with Crippen LogP contribution >= 0.6 is 7.60 Å². The monoisotopic (exact) mass is 230 g/mol. The van der Waals surface area contributed by atoms with Crippen molar-refractivity contribution in [2.24, 2.45) is 0 Å². The molecule has 1 rings (SSSR count). The molecular formula is C11H19O3P. The lowest BCUT2D eigenvalue weighted by Crippen LogP contribution is -1.92. The Morgan fingerprint density at radius 2 is 1.87 bits per heavy atom. The van der Waals surface area contributed by atoms with Crippen molar-refractivity contribution in [1.82, 2.24) is 0 Å².